The highest BCUT2D eigenvalue weighted by molar-refractivity contribution is 7.85. The molecule has 0 amide bonds. The van der Waals surface area contributed by atoms with Crippen LogP contribution in [0.4, 0.5) is 0 Å². The van der Waals surface area contributed by atoms with Crippen LogP contribution >= 0.6 is 11.3 Å². The summed E-state index contributed by atoms with van der Waals surface area (Å²) in [5, 5.41) is 1.14. The maximum absolute atomic E-state index is 12.6. The lowest BCUT2D eigenvalue weighted by molar-refractivity contribution is 0.683. The molecular weight excluding hydrogens is 284 g/mol. The molecule has 0 spiro atoms. The second-order valence-corrected chi connectivity index (χ2v) is 7.23. The lowest BCUT2D eigenvalue weighted by atomic mass is 10.1. The molecule has 0 aliphatic rings. The predicted molar refractivity (Wildman–Crippen MR) is 88.8 cm³/mol. The quantitative estimate of drug-likeness (QED) is 0.656. The van der Waals surface area contributed by atoms with Crippen molar-refractivity contribution in [3.05, 3.63) is 54.6 Å². The van der Waals surface area contributed by atoms with Gasteiger partial charge in [0, 0.05) is 15.8 Å². The number of thiophene rings is 1. The first-order chi connectivity index (χ1) is 9.81. The third-order valence-electron chi connectivity index (χ3n) is 3.20. The minimum Gasteiger partial charge on any atom is -0.254 e. The van der Waals surface area contributed by atoms with Crippen LogP contribution in [0, 0.1) is 0 Å². The number of hydrogen-bond donors (Lipinski definition) is 0. The Morgan fingerprint density at radius 2 is 1.70 bits per heavy atom. The molecule has 0 N–H and O–H groups in total. The van der Waals surface area contributed by atoms with Gasteiger partial charge in [0.2, 0.25) is 0 Å². The molecule has 0 saturated heterocycles. The van der Waals surface area contributed by atoms with Crippen molar-refractivity contribution in [1.29, 1.82) is 0 Å². The van der Waals surface area contributed by atoms with E-state index in [1.807, 2.05) is 30.3 Å². The number of hydrogen-bond acceptors (Lipinski definition) is 2. The van der Waals surface area contributed by atoms with Crippen LogP contribution in [0.5, 0.6) is 0 Å². The van der Waals surface area contributed by atoms with E-state index < -0.39 is 10.8 Å². The van der Waals surface area contributed by atoms with Gasteiger partial charge < -0.3 is 0 Å². The zero-order valence-corrected chi connectivity index (χ0v) is 13.0. The molecule has 1 unspecified atom stereocenters. The molecule has 1 nitrogen and oxygen atoms in total. The van der Waals surface area contributed by atoms with Crippen LogP contribution in [-0.4, -0.2) is 9.96 Å². The zero-order valence-electron chi connectivity index (χ0n) is 11.3. The highest BCUT2D eigenvalue weighted by Gasteiger charge is 2.18. The summed E-state index contributed by atoms with van der Waals surface area (Å²) in [7, 11) is -0.929. The normalized spacial score (nSPS) is 12.7. The van der Waals surface area contributed by atoms with E-state index in [4.69, 9.17) is 0 Å². The molecule has 1 heterocycles. The zero-order chi connectivity index (χ0) is 13.9. The van der Waals surface area contributed by atoms with Gasteiger partial charge in [0.1, 0.15) is 0 Å². The molecule has 3 heteroatoms. The Kier molecular flexibility index (Phi) is 3.99. The van der Waals surface area contributed by atoms with Gasteiger partial charge in [-0.05, 0) is 18.1 Å². The van der Waals surface area contributed by atoms with Gasteiger partial charge in [0.25, 0.3) is 0 Å². The Hall–Kier alpha value is -1.45. The Morgan fingerprint density at radius 3 is 2.45 bits per heavy atom. The molecule has 3 rings (SSSR count). The SMILES string of the molecule is CCCS(=O)c1c(-c2ccccc2)sc2ccccc12. The molecule has 0 fully saturated rings. The lowest BCUT2D eigenvalue weighted by Crippen LogP contribution is -1.97. The highest BCUT2D eigenvalue weighted by Crippen LogP contribution is 2.40. The van der Waals surface area contributed by atoms with Crippen molar-refractivity contribution in [3.63, 3.8) is 0 Å². The average Bonchev–Trinajstić information content (AvgIpc) is 2.88. The summed E-state index contributed by atoms with van der Waals surface area (Å²) in [4.78, 5) is 2.16. The molecule has 0 aliphatic carbocycles. The van der Waals surface area contributed by atoms with Gasteiger partial charge in [-0.3, -0.25) is 4.21 Å². The van der Waals surface area contributed by atoms with Gasteiger partial charge in [0.05, 0.1) is 20.6 Å². The fraction of sp³-hybridized carbons (Fsp3) is 0.176. The molecule has 20 heavy (non-hydrogen) atoms. The van der Waals surface area contributed by atoms with Crippen molar-refractivity contribution in [1.82, 2.24) is 0 Å². The summed E-state index contributed by atoms with van der Waals surface area (Å²) in [6.45, 7) is 2.08. The third-order valence-corrected chi connectivity index (χ3v) is 6.21. The molecule has 0 radical (unpaired) electrons. The summed E-state index contributed by atoms with van der Waals surface area (Å²) in [5.41, 5.74) is 1.16. The molecule has 0 aliphatic heterocycles. The maximum atomic E-state index is 12.6. The largest absolute Gasteiger partial charge is 0.254 e. The fourth-order valence-corrected chi connectivity index (χ4v) is 5.21. The van der Waals surface area contributed by atoms with Crippen molar-refractivity contribution < 1.29 is 4.21 Å². The van der Waals surface area contributed by atoms with E-state index in [0.29, 0.717) is 0 Å². The van der Waals surface area contributed by atoms with E-state index in [2.05, 4.69) is 31.2 Å². The fourth-order valence-electron chi connectivity index (χ4n) is 2.31. The molecule has 2 aromatic carbocycles. The Morgan fingerprint density at radius 1 is 1.00 bits per heavy atom. The monoisotopic (exact) mass is 300 g/mol. The van der Waals surface area contributed by atoms with Crippen molar-refractivity contribution >= 4 is 32.2 Å². The molecule has 1 aromatic heterocycles. The van der Waals surface area contributed by atoms with E-state index in [1.54, 1.807) is 11.3 Å². The maximum Gasteiger partial charge on any atom is 0.0652 e. The summed E-state index contributed by atoms with van der Waals surface area (Å²) in [6, 6.07) is 18.5. The molecular formula is C17H16OS2. The minimum atomic E-state index is -0.929. The van der Waals surface area contributed by atoms with Crippen LogP contribution in [0.2, 0.25) is 0 Å². The van der Waals surface area contributed by atoms with Crippen LogP contribution < -0.4 is 0 Å². The van der Waals surface area contributed by atoms with E-state index in [0.717, 1.165) is 32.9 Å². The second-order valence-electron chi connectivity index (χ2n) is 4.67. The van der Waals surface area contributed by atoms with E-state index in [1.165, 1.54) is 4.70 Å². The summed E-state index contributed by atoms with van der Waals surface area (Å²) in [5.74, 6) is 0.723. The van der Waals surface area contributed by atoms with Crippen molar-refractivity contribution in [2.45, 2.75) is 18.2 Å². The first kappa shape index (κ1) is 13.5. The van der Waals surface area contributed by atoms with Gasteiger partial charge in [-0.15, -0.1) is 11.3 Å². The van der Waals surface area contributed by atoms with Crippen LogP contribution in [0.25, 0.3) is 20.5 Å². The smallest absolute Gasteiger partial charge is 0.0652 e. The highest BCUT2D eigenvalue weighted by atomic mass is 32.2. The van der Waals surface area contributed by atoms with Gasteiger partial charge in [-0.1, -0.05) is 55.5 Å². The van der Waals surface area contributed by atoms with E-state index in [-0.39, 0.29) is 0 Å². The Bertz CT molecular complexity index is 744. The van der Waals surface area contributed by atoms with Crippen LogP contribution in [0.15, 0.2) is 59.5 Å². The lowest BCUT2D eigenvalue weighted by Gasteiger charge is -2.04. The van der Waals surface area contributed by atoms with Gasteiger partial charge >= 0.3 is 0 Å². The van der Waals surface area contributed by atoms with Gasteiger partial charge in [-0.2, -0.15) is 0 Å². The molecule has 3 aromatic rings. The summed E-state index contributed by atoms with van der Waals surface area (Å²) < 4.78 is 13.8. The standard InChI is InChI=1S/C17H16OS2/c1-2-12-20(18)17-14-10-6-7-11-15(14)19-16(17)13-8-4-3-5-9-13/h3-11H,2,12H2,1H3. The number of fused-ring (bicyclic) bond motifs is 1. The van der Waals surface area contributed by atoms with Crippen LogP contribution in [-0.2, 0) is 10.8 Å². The number of rotatable bonds is 4. The van der Waals surface area contributed by atoms with Gasteiger partial charge in [0.15, 0.2) is 0 Å². The van der Waals surface area contributed by atoms with Crippen LogP contribution in [0.3, 0.4) is 0 Å². The summed E-state index contributed by atoms with van der Waals surface area (Å²) in [6.07, 6.45) is 0.936. The first-order valence-corrected chi connectivity index (χ1v) is 8.90. The topological polar surface area (TPSA) is 17.1 Å². The molecule has 0 bridgehead atoms. The first-order valence-electron chi connectivity index (χ1n) is 6.76. The molecule has 0 saturated carbocycles. The Labute approximate surface area is 125 Å². The second kappa shape index (κ2) is 5.90. The van der Waals surface area contributed by atoms with Crippen molar-refractivity contribution in [2.75, 3.05) is 5.75 Å². The molecule has 102 valence electrons. The van der Waals surface area contributed by atoms with Crippen molar-refractivity contribution in [2.24, 2.45) is 0 Å². The predicted octanol–water partition coefficient (Wildman–Crippen LogP) is 5.09. The number of benzene rings is 2. The van der Waals surface area contributed by atoms with Gasteiger partial charge in [-0.25, -0.2) is 0 Å². The van der Waals surface area contributed by atoms with Crippen LogP contribution in [0.1, 0.15) is 13.3 Å². The van der Waals surface area contributed by atoms with E-state index >= 15 is 0 Å². The van der Waals surface area contributed by atoms with Crippen molar-refractivity contribution in [3.8, 4) is 10.4 Å². The average molecular weight is 300 g/mol. The minimum absolute atomic E-state index is 0.723. The Balaban J connectivity index is 2.25. The third kappa shape index (κ3) is 2.43. The molecule has 1 atom stereocenters. The summed E-state index contributed by atoms with van der Waals surface area (Å²) >= 11 is 1.74. The van der Waals surface area contributed by atoms with E-state index in [9.17, 15) is 4.21 Å².